The fraction of sp³-hybridized carbons (Fsp3) is 0.887. The zero-order valence-electron chi connectivity index (χ0n) is 46.5. The van der Waals surface area contributed by atoms with Gasteiger partial charge in [-0.3, -0.25) is 4.79 Å². The standard InChI is InChI=1S/C62H117NO8/c1-3-5-7-9-11-13-15-17-18-19-20-21-22-23-24-25-26-27-28-29-30-31-32-33-34-35-36-37-38-40-42-44-46-48-50-52-58(66)63-55(54-70-62-61(69)60(68)59(67)57(53-64)71-62)56(65)51-49-47-45-43-41-39-16-14-12-10-8-6-4-2/h12,14,41,43,49,51,55-57,59-62,64-65,67-69H,3-11,13,15-40,42,44-48,50,52-54H2,1-2H3,(H,63,66)/b14-12+,43-41+,51-49+. The van der Waals surface area contributed by atoms with Crippen LogP contribution in [0.3, 0.4) is 0 Å². The molecule has 1 amide bonds. The van der Waals surface area contributed by atoms with E-state index in [0.717, 1.165) is 51.4 Å². The molecular formula is C62H117NO8. The Labute approximate surface area is 438 Å². The van der Waals surface area contributed by atoms with E-state index in [4.69, 9.17) is 9.47 Å². The summed E-state index contributed by atoms with van der Waals surface area (Å²) in [6.45, 7) is 3.75. The maximum atomic E-state index is 13.0. The van der Waals surface area contributed by atoms with Gasteiger partial charge in [-0.15, -0.1) is 0 Å². The summed E-state index contributed by atoms with van der Waals surface area (Å²) >= 11 is 0. The third-order valence-electron chi connectivity index (χ3n) is 14.7. The number of rotatable bonds is 53. The van der Waals surface area contributed by atoms with Crippen LogP contribution in [0, 0.1) is 0 Å². The molecule has 0 aromatic heterocycles. The Balaban J connectivity index is 2.07. The highest BCUT2D eigenvalue weighted by atomic mass is 16.7. The Morgan fingerprint density at radius 1 is 0.465 bits per heavy atom. The Bertz CT molecular complexity index is 1210. The molecule has 0 aromatic carbocycles. The van der Waals surface area contributed by atoms with Gasteiger partial charge >= 0.3 is 0 Å². The molecule has 7 unspecified atom stereocenters. The van der Waals surface area contributed by atoms with Gasteiger partial charge in [-0.1, -0.05) is 281 Å². The zero-order valence-corrected chi connectivity index (χ0v) is 46.5. The number of hydrogen-bond donors (Lipinski definition) is 6. The first kappa shape index (κ1) is 67.4. The molecule has 0 aliphatic carbocycles. The lowest BCUT2D eigenvalue weighted by molar-refractivity contribution is -0.302. The molecule has 9 nitrogen and oxygen atoms in total. The van der Waals surface area contributed by atoms with E-state index in [2.05, 4.69) is 43.5 Å². The van der Waals surface area contributed by atoms with Crippen molar-refractivity contribution in [3.63, 3.8) is 0 Å². The van der Waals surface area contributed by atoms with Gasteiger partial charge in [-0.25, -0.2) is 0 Å². The van der Waals surface area contributed by atoms with Crippen LogP contribution in [0.4, 0.5) is 0 Å². The normalized spacial score (nSPS) is 19.5. The van der Waals surface area contributed by atoms with E-state index >= 15 is 0 Å². The number of allylic oxidation sites excluding steroid dienone is 5. The lowest BCUT2D eigenvalue weighted by Gasteiger charge is -2.40. The topological polar surface area (TPSA) is 149 Å². The van der Waals surface area contributed by atoms with Gasteiger partial charge in [0, 0.05) is 6.42 Å². The maximum Gasteiger partial charge on any atom is 0.220 e. The molecule has 71 heavy (non-hydrogen) atoms. The second-order valence-electron chi connectivity index (χ2n) is 21.5. The van der Waals surface area contributed by atoms with Crippen LogP contribution in [0.2, 0.25) is 0 Å². The number of nitrogens with one attached hydrogen (secondary N) is 1. The first-order valence-corrected chi connectivity index (χ1v) is 30.7. The van der Waals surface area contributed by atoms with E-state index in [1.165, 1.54) is 225 Å². The fourth-order valence-electron chi connectivity index (χ4n) is 9.84. The van der Waals surface area contributed by atoms with Crippen molar-refractivity contribution >= 4 is 5.91 Å². The van der Waals surface area contributed by atoms with Crippen LogP contribution >= 0.6 is 0 Å². The molecule has 0 aromatic rings. The van der Waals surface area contributed by atoms with Gasteiger partial charge in [0.15, 0.2) is 6.29 Å². The van der Waals surface area contributed by atoms with E-state index in [1.807, 2.05) is 6.08 Å². The van der Waals surface area contributed by atoms with Crippen LogP contribution in [0.1, 0.15) is 296 Å². The van der Waals surface area contributed by atoms with E-state index in [9.17, 15) is 30.3 Å². The molecule has 1 aliphatic heterocycles. The van der Waals surface area contributed by atoms with Gasteiger partial charge in [-0.2, -0.15) is 0 Å². The summed E-state index contributed by atoms with van der Waals surface area (Å²) < 4.78 is 11.2. The van der Waals surface area contributed by atoms with Gasteiger partial charge < -0.3 is 40.3 Å². The number of hydrogen-bond acceptors (Lipinski definition) is 8. The Morgan fingerprint density at radius 3 is 1.18 bits per heavy atom. The monoisotopic (exact) mass is 1000 g/mol. The molecule has 9 heteroatoms. The molecule has 418 valence electrons. The smallest absolute Gasteiger partial charge is 0.220 e. The second-order valence-corrected chi connectivity index (χ2v) is 21.5. The SMILES string of the molecule is CCCCC/C=C/CC/C=C/CC/C=C/C(O)C(COC1OC(CO)C(O)C(O)C1O)NC(=O)CCCCCCCCCCCCCCCCCCCCCCCCCCCCCCCCCCCCC. The van der Waals surface area contributed by atoms with Crippen molar-refractivity contribution < 1.29 is 39.8 Å². The summed E-state index contributed by atoms with van der Waals surface area (Å²) in [6.07, 6.45) is 61.1. The Morgan fingerprint density at radius 2 is 0.803 bits per heavy atom. The van der Waals surface area contributed by atoms with E-state index in [0.29, 0.717) is 6.42 Å². The minimum atomic E-state index is -1.57. The highest BCUT2D eigenvalue weighted by molar-refractivity contribution is 5.76. The number of unbranched alkanes of at least 4 members (excludes halogenated alkanes) is 39. The third kappa shape index (κ3) is 41.4. The zero-order chi connectivity index (χ0) is 51.5. The maximum absolute atomic E-state index is 13.0. The lowest BCUT2D eigenvalue weighted by atomic mass is 9.99. The molecule has 6 N–H and O–H groups in total. The average Bonchev–Trinajstić information content (AvgIpc) is 3.37. The summed E-state index contributed by atoms with van der Waals surface area (Å²) in [7, 11) is 0. The predicted octanol–water partition coefficient (Wildman–Crippen LogP) is 15.5. The second kappa shape index (κ2) is 51.9. The summed E-state index contributed by atoms with van der Waals surface area (Å²) in [4.78, 5) is 13.0. The summed E-state index contributed by atoms with van der Waals surface area (Å²) in [5.41, 5.74) is 0. The minimum Gasteiger partial charge on any atom is -0.394 e. The first-order valence-electron chi connectivity index (χ1n) is 30.7. The fourth-order valence-corrected chi connectivity index (χ4v) is 9.84. The van der Waals surface area contributed by atoms with Crippen molar-refractivity contribution in [3.8, 4) is 0 Å². The Hall–Kier alpha value is -1.59. The van der Waals surface area contributed by atoms with Crippen LogP contribution < -0.4 is 5.32 Å². The molecule has 1 rings (SSSR count). The van der Waals surface area contributed by atoms with Gasteiger partial charge in [0.25, 0.3) is 0 Å². The van der Waals surface area contributed by atoms with E-state index in [-0.39, 0.29) is 12.5 Å². The first-order chi connectivity index (χ1) is 34.8. The van der Waals surface area contributed by atoms with Gasteiger partial charge in [0.1, 0.15) is 24.4 Å². The van der Waals surface area contributed by atoms with Crippen molar-refractivity contribution in [3.05, 3.63) is 36.5 Å². The molecule has 1 heterocycles. The van der Waals surface area contributed by atoms with Crippen molar-refractivity contribution in [2.75, 3.05) is 13.2 Å². The number of aliphatic hydroxyl groups is 5. The van der Waals surface area contributed by atoms with Crippen LogP contribution in [0.25, 0.3) is 0 Å². The number of aliphatic hydroxyl groups excluding tert-OH is 5. The number of carbonyl (C=O) groups excluding carboxylic acids is 1. The van der Waals surface area contributed by atoms with E-state index < -0.39 is 49.5 Å². The molecule has 0 bridgehead atoms. The van der Waals surface area contributed by atoms with E-state index in [1.54, 1.807) is 6.08 Å². The molecule has 0 spiro atoms. The molecule has 1 fully saturated rings. The van der Waals surface area contributed by atoms with Crippen LogP contribution in [-0.2, 0) is 14.3 Å². The van der Waals surface area contributed by atoms with Gasteiger partial charge in [-0.05, 0) is 44.9 Å². The van der Waals surface area contributed by atoms with Crippen molar-refractivity contribution in [2.24, 2.45) is 0 Å². The quantitative estimate of drug-likeness (QED) is 0.0261. The number of amides is 1. The molecule has 7 atom stereocenters. The molecule has 1 aliphatic rings. The van der Waals surface area contributed by atoms with Gasteiger partial charge in [0.2, 0.25) is 5.91 Å². The molecule has 0 saturated carbocycles. The van der Waals surface area contributed by atoms with Crippen LogP contribution in [0.15, 0.2) is 36.5 Å². The third-order valence-corrected chi connectivity index (χ3v) is 14.7. The lowest BCUT2D eigenvalue weighted by Crippen LogP contribution is -2.60. The van der Waals surface area contributed by atoms with Crippen LogP contribution in [-0.4, -0.2) is 87.5 Å². The van der Waals surface area contributed by atoms with Crippen molar-refractivity contribution in [1.29, 1.82) is 0 Å². The predicted molar refractivity (Wildman–Crippen MR) is 300 cm³/mol. The summed E-state index contributed by atoms with van der Waals surface area (Å²) in [5.74, 6) is -0.187. The van der Waals surface area contributed by atoms with Crippen LogP contribution in [0.5, 0.6) is 0 Å². The highest BCUT2D eigenvalue weighted by Gasteiger charge is 2.44. The molecule has 1 saturated heterocycles. The van der Waals surface area contributed by atoms with Crippen molar-refractivity contribution in [2.45, 2.75) is 339 Å². The minimum absolute atomic E-state index is 0.187. The average molecular weight is 1000 g/mol. The summed E-state index contributed by atoms with van der Waals surface area (Å²) in [6, 6.07) is -0.825. The van der Waals surface area contributed by atoms with Crippen molar-refractivity contribution in [1.82, 2.24) is 5.32 Å². The highest BCUT2D eigenvalue weighted by Crippen LogP contribution is 2.23. The Kier molecular flexibility index (Phi) is 49.3. The number of ether oxygens (including phenoxy) is 2. The van der Waals surface area contributed by atoms with Gasteiger partial charge in [0.05, 0.1) is 25.4 Å². The summed E-state index contributed by atoms with van der Waals surface area (Å²) in [5, 5.41) is 54.4. The molecular weight excluding hydrogens is 887 g/mol. The molecule has 0 radical (unpaired) electrons. The number of carbonyl (C=O) groups is 1. The largest absolute Gasteiger partial charge is 0.394 e.